The monoisotopic (exact) mass is 486 g/mol. The molecular weight excluding hydrogens is 464 g/mol. The van der Waals surface area contributed by atoms with E-state index in [1.54, 1.807) is 48.5 Å². The Bertz CT molecular complexity index is 1340. The first-order valence-corrected chi connectivity index (χ1v) is 12.2. The van der Waals surface area contributed by atoms with E-state index in [0.29, 0.717) is 11.1 Å². The van der Waals surface area contributed by atoms with Gasteiger partial charge in [0, 0.05) is 0 Å². The lowest BCUT2D eigenvalue weighted by Crippen LogP contribution is -2.09. The van der Waals surface area contributed by atoms with Gasteiger partial charge < -0.3 is 9.47 Å². The number of aryl methyl sites for hydroxylation is 2. The van der Waals surface area contributed by atoms with Crippen LogP contribution >= 0.6 is 0 Å². The highest BCUT2D eigenvalue weighted by Gasteiger charge is 2.19. The van der Waals surface area contributed by atoms with Crippen LogP contribution in [0.1, 0.15) is 31.8 Å². The standard InChI is InChI=1S/C28H22O6S/c1-19-3-7-21(8-4-19)27(29)33-23-11-15-25(16-12-23)35(31,32)26-17-13-24(14-18-26)34-28(30)22-9-5-20(2)6-10-22/h3-18H,1-2H3. The Morgan fingerprint density at radius 1 is 0.514 bits per heavy atom. The largest absolute Gasteiger partial charge is 0.423 e. The third kappa shape index (κ3) is 5.65. The number of sulfone groups is 1. The van der Waals surface area contributed by atoms with Crippen molar-refractivity contribution in [1.29, 1.82) is 0 Å². The van der Waals surface area contributed by atoms with Crippen LogP contribution in [0, 0.1) is 13.8 Å². The highest BCUT2D eigenvalue weighted by atomic mass is 32.2. The van der Waals surface area contributed by atoms with Gasteiger partial charge in [-0.3, -0.25) is 0 Å². The molecule has 0 unspecified atom stereocenters. The Kier molecular flexibility index (Phi) is 6.80. The van der Waals surface area contributed by atoms with E-state index in [9.17, 15) is 18.0 Å². The van der Waals surface area contributed by atoms with Gasteiger partial charge in [0.1, 0.15) is 11.5 Å². The minimum absolute atomic E-state index is 0.0389. The fourth-order valence-electron chi connectivity index (χ4n) is 3.22. The summed E-state index contributed by atoms with van der Waals surface area (Å²) in [6.45, 7) is 3.83. The number of carbonyl (C=O) groups excluding carboxylic acids is 2. The van der Waals surface area contributed by atoms with Gasteiger partial charge in [-0.25, -0.2) is 18.0 Å². The summed E-state index contributed by atoms with van der Waals surface area (Å²) in [5.41, 5.74) is 2.84. The summed E-state index contributed by atoms with van der Waals surface area (Å²) in [6.07, 6.45) is 0. The van der Waals surface area contributed by atoms with Crippen LogP contribution < -0.4 is 9.47 Å². The van der Waals surface area contributed by atoms with Gasteiger partial charge in [-0.05, 0) is 86.6 Å². The number of rotatable bonds is 6. The molecule has 4 aromatic carbocycles. The lowest BCUT2D eigenvalue weighted by Gasteiger charge is -2.09. The molecule has 0 spiro atoms. The molecule has 0 heterocycles. The summed E-state index contributed by atoms with van der Waals surface area (Å²) < 4.78 is 36.6. The maximum atomic E-state index is 13.0. The molecule has 176 valence electrons. The van der Waals surface area contributed by atoms with E-state index in [2.05, 4.69) is 0 Å². The Balaban J connectivity index is 1.44. The van der Waals surface area contributed by atoms with E-state index in [-0.39, 0.29) is 21.3 Å². The van der Waals surface area contributed by atoms with Crippen molar-refractivity contribution in [1.82, 2.24) is 0 Å². The summed E-state index contributed by atoms with van der Waals surface area (Å²) in [7, 11) is -3.82. The number of ether oxygens (including phenoxy) is 2. The number of hydrogen-bond donors (Lipinski definition) is 0. The molecule has 0 aromatic heterocycles. The van der Waals surface area contributed by atoms with Gasteiger partial charge in [0.15, 0.2) is 0 Å². The zero-order valence-corrected chi connectivity index (χ0v) is 19.9. The second-order valence-corrected chi connectivity index (χ2v) is 9.91. The molecule has 0 fully saturated rings. The molecule has 4 aromatic rings. The van der Waals surface area contributed by atoms with Crippen LogP contribution in [0.15, 0.2) is 107 Å². The molecule has 0 saturated carbocycles. The molecule has 0 atom stereocenters. The maximum absolute atomic E-state index is 13.0. The zero-order chi connectivity index (χ0) is 25.0. The Hall–Kier alpha value is -4.23. The third-order valence-electron chi connectivity index (χ3n) is 5.26. The topological polar surface area (TPSA) is 86.7 Å². The first kappa shape index (κ1) is 23.9. The normalized spacial score (nSPS) is 11.0. The van der Waals surface area contributed by atoms with Crippen LogP contribution in [0.25, 0.3) is 0 Å². The molecule has 0 radical (unpaired) electrons. The molecule has 0 amide bonds. The van der Waals surface area contributed by atoms with Gasteiger partial charge in [0.05, 0.1) is 20.9 Å². The molecule has 0 bridgehead atoms. The smallest absolute Gasteiger partial charge is 0.343 e. The minimum atomic E-state index is -3.82. The van der Waals surface area contributed by atoms with Gasteiger partial charge in [-0.15, -0.1) is 0 Å². The van der Waals surface area contributed by atoms with Crippen LogP contribution in [0.3, 0.4) is 0 Å². The molecule has 0 N–H and O–H groups in total. The minimum Gasteiger partial charge on any atom is -0.423 e. The number of carbonyl (C=O) groups is 2. The van der Waals surface area contributed by atoms with Crippen molar-refractivity contribution >= 4 is 21.8 Å². The van der Waals surface area contributed by atoms with Crippen molar-refractivity contribution in [3.05, 3.63) is 119 Å². The van der Waals surface area contributed by atoms with E-state index in [0.717, 1.165) is 11.1 Å². The highest BCUT2D eigenvalue weighted by Crippen LogP contribution is 2.25. The Morgan fingerprint density at radius 2 is 0.829 bits per heavy atom. The number of esters is 2. The van der Waals surface area contributed by atoms with E-state index < -0.39 is 21.8 Å². The fraction of sp³-hybridized carbons (Fsp3) is 0.0714. The van der Waals surface area contributed by atoms with Crippen molar-refractivity contribution in [3.8, 4) is 11.5 Å². The van der Waals surface area contributed by atoms with E-state index in [4.69, 9.17) is 9.47 Å². The molecule has 7 heteroatoms. The maximum Gasteiger partial charge on any atom is 0.343 e. The van der Waals surface area contributed by atoms with Crippen molar-refractivity contribution in [2.45, 2.75) is 23.6 Å². The highest BCUT2D eigenvalue weighted by molar-refractivity contribution is 7.91. The molecule has 0 saturated heterocycles. The SMILES string of the molecule is Cc1ccc(C(=O)Oc2ccc(S(=O)(=O)c3ccc(OC(=O)c4ccc(C)cc4)cc3)cc2)cc1. The molecule has 0 aliphatic rings. The average molecular weight is 487 g/mol. The van der Waals surface area contributed by atoms with Gasteiger partial charge in [-0.2, -0.15) is 0 Å². The number of hydrogen-bond acceptors (Lipinski definition) is 6. The van der Waals surface area contributed by atoms with Crippen LogP contribution in [0.4, 0.5) is 0 Å². The second-order valence-electron chi connectivity index (χ2n) is 7.96. The summed E-state index contributed by atoms with van der Waals surface area (Å²) in [4.78, 5) is 24.6. The van der Waals surface area contributed by atoms with Gasteiger partial charge in [0.2, 0.25) is 9.84 Å². The first-order valence-electron chi connectivity index (χ1n) is 10.8. The predicted octanol–water partition coefficient (Wildman–Crippen LogP) is 5.57. The van der Waals surface area contributed by atoms with E-state index in [1.807, 2.05) is 13.8 Å². The number of benzene rings is 4. The summed E-state index contributed by atoms with van der Waals surface area (Å²) in [5, 5.41) is 0. The van der Waals surface area contributed by atoms with Crippen molar-refractivity contribution in [3.63, 3.8) is 0 Å². The summed E-state index contributed by atoms with van der Waals surface area (Å²) in [6, 6.07) is 25.1. The van der Waals surface area contributed by atoms with Gasteiger partial charge in [0.25, 0.3) is 0 Å². The second kappa shape index (κ2) is 9.95. The van der Waals surface area contributed by atoms with Crippen LogP contribution in [-0.2, 0) is 9.84 Å². The summed E-state index contributed by atoms with van der Waals surface area (Å²) >= 11 is 0. The summed E-state index contributed by atoms with van der Waals surface area (Å²) in [5.74, 6) is -0.603. The van der Waals surface area contributed by atoms with E-state index in [1.165, 1.54) is 48.5 Å². The lowest BCUT2D eigenvalue weighted by atomic mass is 10.1. The van der Waals surface area contributed by atoms with Crippen LogP contribution in [-0.4, -0.2) is 20.4 Å². The molecular formula is C28H22O6S. The van der Waals surface area contributed by atoms with Crippen LogP contribution in [0.5, 0.6) is 11.5 Å². The first-order chi connectivity index (χ1) is 16.7. The molecule has 4 rings (SSSR count). The Labute approximate surface area is 203 Å². The molecule has 0 aliphatic carbocycles. The van der Waals surface area contributed by atoms with Crippen molar-refractivity contribution in [2.75, 3.05) is 0 Å². The third-order valence-corrected chi connectivity index (χ3v) is 7.05. The zero-order valence-electron chi connectivity index (χ0n) is 19.1. The van der Waals surface area contributed by atoms with E-state index >= 15 is 0 Å². The molecule has 35 heavy (non-hydrogen) atoms. The van der Waals surface area contributed by atoms with Crippen LogP contribution in [0.2, 0.25) is 0 Å². The van der Waals surface area contributed by atoms with Gasteiger partial charge >= 0.3 is 11.9 Å². The van der Waals surface area contributed by atoms with Crippen molar-refractivity contribution in [2.24, 2.45) is 0 Å². The Morgan fingerprint density at radius 3 is 1.14 bits per heavy atom. The van der Waals surface area contributed by atoms with Gasteiger partial charge in [-0.1, -0.05) is 35.4 Å². The average Bonchev–Trinajstić information content (AvgIpc) is 2.85. The lowest BCUT2D eigenvalue weighted by molar-refractivity contribution is 0.0725. The fourth-order valence-corrected chi connectivity index (χ4v) is 4.48. The quantitative estimate of drug-likeness (QED) is 0.261. The predicted molar refractivity (Wildman–Crippen MR) is 131 cm³/mol. The molecule has 0 aliphatic heterocycles. The van der Waals surface area contributed by atoms with Crippen molar-refractivity contribution < 1.29 is 27.5 Å². The molecule has 6 nitrogen and oxygen atoms in total.